The van der Waals surface area contributed by atoms with Crippen molar-refractivity contribution in [3.63, 3.8) is 0 Å². The fourth-order valence-corrected chi connectivity index (χ4v) is 9.43. The predicted octanol–water partition coefficient (Wildman–Crippen LogP) is 7.70. The van der Waals surface area contributed by atoms with Crippen LogP contribution in [0.4, 0.5) is 0 Å². The quantitative estimate of drug-likeness (QED) is 0.0170. The van der Waals surface area contributed by atoms with Crippen LogP contribution >= 0.6 is 0 Å². The smallest absolute Gasteiger partial charge is 0.309 e. The van der Waals surface area contributed by atoms with E-state index in [1.165, 1.54) is 28.3 Å². The van der Waals surface area contributed by atoms with Gasteiger partial charge >= 0.3 is 5.97 Å². The Morgan fingerprint density at radius 1 is 0.621 bits per heavy atom. The minimum Gasteiger partial charge on any atom is -0.493 e. The van der Waals surface area contributed by atoms with Gasteiger partial charge in [-0.25, -0.2) is 0 Å². The van der Waals surface area contributed by atoms with E-state index in [0.29, 0.717) is 71.7 Å². The normalized spacial score (nSPS) is 18.0. The Kier molecular flexibility index (Phi) is 17.5. The Bertz CT molecular complexity index is 2310. The van der Waals surface area contributed by atoms with Gasteiger partial charge in [0.15, 0.2) is 58.0 Å². The summed E-state index contributed by atoms with van der Waals surface area (Å²) in [6, 6.07) is 20.5. The van der Waals surface area contributed by atoms with Crippen LogP contribution in [0, 0.1) is 0 Å². The number of likely N-dealkylation sites (N-methyl/N-ethyl adjacent to an activating group) is 1. The van der Waals surface area contributed by atoms with Crippen LogP contribution in [0.15, 0.2) is 72.5 Å². The fraction of sp³-hybridized carbons (Fsp3) is 0.462. The molecule has 0 saturated heterocycles. The molecule has 2 aliphatic heterocycles. The fourth-order valence-electron chi connectivity index (χ4n) is 9.43. The monoisotopic (exact) mass is 911 g/mol. The summed E-state index contributed by atoms with van der Waals surface area (Å²) in [5.74, 6) is 5.20. The van der Waals surface area contributed by atoms with Crippen molar-refractivity contribution < 1.29 is 61.4 Å². The number of benzene rings is 4. The summed E-state index contributed by atoms with van der Waals surface area (Å²) in [6.07, 6.45) is 6.57. The molecule has 0 saturated carbocycles. The molecule has 2 heterocycles. The topological polar surface area (TPSA) is 130 Å². The largest absolute Gasteiger partial charge is 0.493 e. The Morgan fingerprint density at radius 3 is 1.71 bits per heavy atom. The van der Waals surface area contributed by atoms with Crippen LogP contribution in [0.2, 0.25) is 0 Å². The van der Waals surface area contributed by atoms with E-state index in [9.17, 15) is 9.59 Å². The van der Waals surface area contributed by atoms with Gasteiger partial charge in [0.2, 0.25) is 0 Å². The molecule has 4 aromatic carbocycles. The average Bonchev–Trinajstić information content (AvgIpc) is 3.35. The zero-order valence-electron chi connectivity index (χ0n) is 40.1. The highest BCUT2D eigenvalue weighted by molar-refractivity contribution is 5.75. The maximum atomic E-state index is 13.0. The molecule has 3 unspecified atom stereocenters. The van der Waals surface area contributed by atoms with Crippen LogP contribution < -0.4 is 37.9 Å². The summed E-state index contributed by atoms with van der Waals surface area (Å²) in [4.78, 5) is 27.5. The number of carbonyl (C=O) groups excluding carboxylic acids is 2. The molecule has 0 N–H and O–H groups in total. The molecule has 356 valence electrons. The molecule has 2 aliphatic rings. The third kappa shape index (κ3) is 11.6. The molecule has 4 aromatic rings. The number of quaternary nitrogens is 1. The third-order valence-electron chi connectivity index (χ3n) is 13.0. The van der Waals surface area contributed by atoms with Gasteiger partial charge in [0.05, 0.1) is 96.7 Å². The van der Waals surface area contributed by atoms with E-state index in [0.717, 1.165) is 67.5 Å². The van der Waals surface area contributed by atoms with Gasteiger partial charge in [-0.1, -0.05) is 12.1 Å². The summed E-state index contributed by atoms with van der Waals surface area (Å²) < 4.78 is 57.3. The molecule has 0 radical (unpaired) electrons. The molecular weight excluding hydrogens is 845 g/mol. The molecule has 0 spiro atoms. The van der Waals surface area contributed by atoms with Crippen LogP contribution in [0.5, 0.6) is 46.0 Å². The number of rotatable bonds is 24. The standard InChI is InChI=1S/C52H67N2O12/c1-54(23-19-38-31-49(62-7)51(64-9)33-41(38)43(54)27-36-13-16-45(58-3)47(29-36)60-5)22-11-25-66-52(56)17-14-39(34-55)65-24-10-20-53-21-18-37-30-48(61-6)50(63-8)32-40(37)42(53)26-35-12-15-44(57-2)46(28-35)59-4/h12-16,28-34,42-43H,10-11,17-27H2,1-9H3/q+1. The zero-order valence-corrected chi connectivity index (χ0v) is 40.1. The van der Waals surface area contributed by atoms with Gasteiger partial charge in [-0.15, -0.1) is 0 Å². The highest BCUT2D eigenvalue weighted by Gasteiger charge is 2.40. The van der Waals surface area contributed by atoms with Gasteiger partial charge in [0.25, 0.3) is 0 Å². The van der Waals surface area contributed by atoms with Crippen LogP contribution in [0.3, 0.4) is 0 Å². The van der Waals surface area contributed by atoms with Crippen molar-refractivity contribution in [1.82, 2.24) is 4.90 Å². The molecule has 0 fully saturated rings. The lowest BCUT2D eigenvalue weighted by molar-refractivity contribution is -0.941. The van der Waals surface area contributed by atoms with Crippen LogP contribution in [-0.2, 0) is 44.7 Å². The molecule has 14 heteroatoms. The van der Waals surface area contributed by atoms with Crippen molar-refractivity contribution in [2.24, 2.45) is 0 Å². The van der Waals surface area contributed by atoms with Crippen LogP contribution in [-0.4, -0.2) is 125 Å². The summed E-state index contributed by atoms with van der Waals surface area (Å²) >= 11 is 0. The van der Waals surface area contributed by atoms with E-state index < -0.39 is 5.97 Å². The lowest BCUT2D eigenvalue weighted by Crippen LogP contribution is -2.52. The van der Waals surface area contributed by atoms with Crippen molar-refractivity contribution in [3.05, 3.63) is 106 Å². The molecule has 66 heavy (non-hydrogen) atoms. The Morgan fingerprint density at radius 2 is 1.14 bits per heavy atom. The first kappa shape index (κ1) is 49.3. The SMILES string of the molecule is COc1ccc(CC2c3cc(OC)c(OC)cc3CCN2CCCOC(C=O)=CCC(=O)OCCC[N+]2(C)CCc3cc(OC)c(OC)cc3C2Cc2ccc(OC)c(OC)c2)cc1OC. The maximum Gasteiger partial charge on any atom is 0.309 e. The summed E-state index contributed by atoms with van der Waals surface area (Å²) in [7, 11) is 15.4. The Labute approximate surface area is 389 Å². The minimum atomic E-state index is -0.416. The number of allylic oxidation sites excluding steroid dienone is 1. The number of esters is 1. The zero-order chi connectivity index (χ0) is 47.2. The molecule has 0 bridgehead atoms. The Balaban J connectivity index is 1.04. The molecule has 14 nitrogen and oxygen atoms in total. The number of hydrogen-bond acceptors (Lipinski definition) is 13. The van der Waals surface area contributed by atoms with E-state index in [-0.39, 0.29) is 30.9 Å². The third-order valence-corrected chi connectivity index (χ3v) is 13.0. The highest BCUT2D eigenvalue weighted by atomic mass is 16.5. The maximum absolute atomic E-state index is 13.0. The second-order valence-electron chi connectivity index (χ2n) is 16.8. The number of aldehydes is 1. The number of fused-ring (bicyclic) bond motifs is 2. The first-order valence-corrected chi connectivity index (χ1v) is 22.5. The van der Waals surface area contributed by atoms with Gasteiger partial charge in [0, 0.05) is 44.0 Å². The van der Waals surface area contributed by atoms with Gasteiger partial charge < -0.3 is 51.9 Å². The molecule has 3 atom stereocenters. The van der Waals surface area contributed by atoms with E-state index in [1.807, 2.05) is 24.3 Å². The van der Waals surface area contributed by atoms with Gasteiger partial charge in [0.1, 0.15) is 6.04 Å². The molecule has 0 aromatic heterocycles. The van der Waals surface area contributed by atoms with Gasteiger partial charge in [-0.05, 0) is 102 Å². The Hall–Kier alpha value is -6.12. The van der Waals surface area contributed by atoms with Gasteiger partial charge in [-0.2, -0.15) is 0 Å². The van der Waals surface area contributed by atoms with Crippen molar-refractivity contribution in [2.45, 2.75) is 57.0 Å². The summed E-state index contributed by atoms with van der Waals surface area (Å²) in [5, 5.41) is 0. The molecule has 6 rings (SSSR count). The number of hydrogen-bond donors (Lipinski definition) is 0. The van der Waals surface area contributed by atoms with E-state index in [1.54, 1.807) is 56.9 Å². The number of ether oxygens (including phenoxy) is 10. The first-order valence-electron chi connectivity index (χ1n) is 22.5. The number of methoxy groups -OCH3 is 8. The lowest BCUT2D eigenvalue weighted by atomic mass is 9.86. The molecule has 0 amide bonds. The molecular formula is C52H67N2O12+. The van der Waals surface area contributed by atoms with Crippen LogP contribution in [0.1, 0.15) is 64.7 Å². The summed E-state index contributed by atoms with van der Waals surface area (Å²) in [5.41, 5.74) is 7.05. The second-order valence-corrected chi connectivity index (χ2v) is 16.8. The molecule has 0 aliphatic carbocycles. The van der Waals surface area contributed by atoms with E-state index in [4.69, 9.17) is 47.4 Å². The van der Waals surface area contributed by atoms with E-state index in [2.05, 4.69) is 48.3 Å². The van der Waals surface area contributed by atoms with Gasteiger partial charge in [-0.3, -0.25) is 14.5 Å². The predicted molar refractivity (Wildman–Crippen MR) is 251 cm³/mol. The van der Waals surface area contributed by atoms with E-state index >= 15 is 0 Å². The van der Waals surface area contributed by atoms with Crippen LogP contribution in [0.25, 0.3) is 0 Å². The lowest BCUT2D eigenvalue weighted by Gasteiger charge is -2.46. The average molecular weight is 912 g/mol. The first-order chi connectivity index (χ1) is 32.0. The second kappa shape index (κ2) is 23.4. The van der Waals surface area contributed by atoms with Crippen molar-refractivity contribution >= 4 is 12.3 Å². The van der Waals surface area contributed by atoms with Crippen molar-refractivity contribution in [2.75, 3.05) is 103 Å². The number of nitrogens with zero attached hydrogens (tertiary/aromatic N) is 2. The minimum absolute atomic E-state index is 0.0360. The van der Waals surface area contributed by atoms with Crippen molar-refractivity contribution in [3.8, 4) is 46.0 Å². The summed E-state index contributed by atoms with van der Waals surface area (Å²) in [6.45, 7) is 3.78. The highest BCUT2D eigenvalue weighted by Crippen LogP contribution is 2.44. The van der Waals surface area contributed by atoms with Crippen molar-refractivity contribution in [1.29, 1.82) is 0 Å². The number of carbonyl (C=O) groups is 2.